The lowest BCUT2D eigenvalue weighted by Gasteiger charge is -2.06. The van der Waals surface area contributed by atoms with Gasteiger partial charge in [-0.15, -0.1) is 0 Å². The van der Waals surface area contributed by atoms with Gasteiger partial charge in [-0.2, -0.15) is 0 Å². The highest BCUT2D eigenvalue weighted by atomic mass is 16.6. The minimum atomic E-state index is 0.431. The molecule has 1 aromatic carbocycles. The molecule has 76 valence electrons. The van der Waals surface area contributed by atoms with Crippen molar-refractivity contribution in [3.63, 3.8) is 0 Å². The van der Waals surface area contributed by atoms with Crippen LogP contribution in [0.5, 0.6) is 5.75 Å². The number of rotatable bonds is 5. The molecule has 0 heterocycles. The second kappa shape index (κ2) is 4.44. The molecular weight excluding hydrogens is 178 g/mol. The van der Waals surface area contributed by atoms with Gasteiger partial charge in [-0.1, -0.05) is 12.1 Å². The van der Waals surface area contributed by atoms with Crippen LogP contribution in [-0.2, 0) is 11.4 Å². The predicted octanol–water partition coefficient (Wildman–Crippen LogP) is 1.87. The highest BCUT2D eigenvalue weighted by molar-refractivity contribution is 5.28. The van der Waals surface area contributed by atoms with Gasteiger partial charge in [0, 0.05) is 0 Å². The Bertz CT molecular complexity index is 297. The van der Waals surface area contributed by atoms with Gasteiger partial charge >= 0.3 is 0 Å². The molecule has 0 bridgehead atoms. The van der Waals surface area contributed by atoms with Crippen LogP contribution in [0.2, 0.25) is 0 Å². The quantitative estimate of drug-likeness (QED) is 0.726. The van der Waals surface area contributed by atoms with Crippen LogP contribution in [0.3, 0.4) is 0 Å². The summed E-state index contributed by atoms with van der Waals surface area (Å²) in [6.45, 7) is 1.27. The van der Waals surface area contributed by atoms with E-state index in [1.54, 1.807) is 0 Å². The number of hydrogen-bond donors (Lipinski definition) is 1. The van der Waals surface area contributed by atoms with Gasteiger partial charge in [0.2, 0.25) is 0 Å². The maximum atomic E-state index is 5.62. The summed E-state index contributed by atoms with van der Waals surface area (Å²) in [5, 5.41) is 0. The molecule has 0 amide bonds. The summed E-state index contributed by atoms with van der Waals surface area (Å²) in [6, 6.07) is 7.85. The third kappa shape index (κ3) is 2.72. The standard InChI is InChI=1S/C11H15NO2/c12-14-8-10-2-1-3-11(6-10)13-7-9-4-5-9/h1-3,6,9H,4-5,7-8,12H2. The zero-order chi connectivity index (χ0) is 9.80. The lowest BCUT2D eigenvalue weighted by molar-refractivity contribution is 0.124. The molecule has 2 rings (SSSR count). The van der Waals surface area contributed by atoms with E-state index in [0.29, 0.717) is 6.61 Å². The van der Waals surface area contributed by atoms with Crippen molar-refractivity contribution in [2.24, 2.45) is 11.8 Å². The smallest absolute Gasteiger partial charge is 0.119 e. The van der Waals surface area contributed by atoms with Crippen molar-refractivity contribution in [1.82, 2.24) is 0 Å². The maximum Gasteiger partial charge on any atom is 0.119 e. The Hall–Kier alpha value is -1.06. The molecule has 0 unspecified atom stereocenters. The Morgan fingerprint density at radius 3 is 2.93 bits per heavy atom. The van der Waals surface area contributed by atoms with Crippen LogP contribution < -0.4 is 10.6 Å². The third-order valence-electron chi connectivity index (χ3n) is 2.33. The molecule has 1 aliphatic rings. The van der Waals surface area contributed by atoms with E-state index in [-0.39, 0.29) is 0 Å². The van der Waals surface area contributed by atoms with Gasteiger partial charge in [-0.05, 0) is 36.5 Å². The zero-order valence-electron chi connectivity index (χ0n) is 8.11. The Kier molecular flexibility index (Phi) is 3.01. The van der Waals surface area contributed by atoms with Crippen LogP contribution in [0, 0.1) is 5.92 Å². The fourth-order valence-electron chi connectivity index (χ4n) is 1.32. The molecule has 1 fully saturated rings. The van der Waals surface area contributed by atoms with Crippen molar-refractivity contribution in [2.45, 2.75) is 19.4 Å². The number of benzene rings is 1. The molecule has 1 saturated carbocycles. The molecule has 2 N–H and O–H groups in total. The van der Waals surface area contributed by atoms with Crippen LogP contribution in [0.15, 0.2) is 24.3 Å². The molecule has 3 heteroatoms. The monoisotopic (exact) mass is 193 g/mol. The van der Waals surface area contributed by atoms with Crippen molar-refractivity contribution in [1.29, 1.82) is 0 Å². The fourth-order valence-corrected chi connectivity index (χ4v) is 1.32. The summed E-state index contributed by atoms with van der Waals surface area (Å²) in [6.07, 6.45) is 2.62. The fraction of sp³-hybridized carbons (Fsp3) is 0.455. The summed E-state index contributed by atoms with van der Waals surface area (Å²) >= 11 is 0. The van der Waals surface area contributed by atoms with E-state index >= 15 is 0 Å². The zero-order valence-corrected chi connectivity index (χ0v) is 8.11. The summed E-state index contributed by atoms with van der Waals surface area (Å²) in [5.41, 5.74) is 1.04. The predicted molar refractivity (Wildman–Crippen MR) is 53.6 cm³/mol. The van der Waals surface area contributed by atoms with Crippen LogP contribution in [-0.4, -0.2) is 6.61 Å². The minimum absolute atomic E-state index is 0.431. The van der Waals surface area contributed by atoms with E-state index < -0.39 is 0 Å². The molecule has 0 atom stereocenters. The Labute approximate surface area is 83.8 Å². The average molecular weight is 193 g/mol. The average Bonchev–Trinajstić information content (AvgIpc) is 2.99. The van der Waals surface area contributed by atoms with Gasteiger partial charge in [0.05, 0.1) is 13.2 Å². The van der Waals surface area contributed by atoms with Crippen LogP contribution in [0.1, 0.15) is 18.4 Å². The molecular formula is C11H15NO2. The maximum absolute atomic E-state index is 5.62. The SMILES string of the molecule is NOCc1cccc(OCC2CC2)c1. The lowest BCUT2D eigenvalue weighted by atomic mass is 10.2. The molecule has 0 radical (unpaired) electrons. The molecule has 14 heavy (non-hydrogen) atoms. The van der Waals surface area contributed by atoms with E-state index in [0.717, 1.165) is 23.8 Å². The molecule has 0 saturated heterocycles. The van der Waals surface area contributed by atoms with Crippen LogP contribution >= 0.6 is 0 Å². The van der Waals surface area contributed by atoms with E-state index in [1.807, 2.05) is 24.3 Å². The third-order valence-corrected chi connectivity index (χ3v) is 2.33. The van der Waals surface area contributed by atoms with Crippen LogP contribution in [0.4, 0.5) is 0 Å². The van der Waals surface area contributed by atoms with Crippen LogP contribution in [0.25, 0.3) is 0 Å². The van der Waals surface area contributed by atoms with Crippen molar-refractivity contribution >= 4 is 0 Å². The van der Waals surface area contributed by atoms with E-state index in [9.17, 15) is 0 Å². The summed E-state index contributed by atoms with van der Waals surface area (Å²) in [4.78, 5) is 4.57. The first-order valence-corrected chi connectivity index (χ1v) is 4.92. The number of hydrogen-bond acceptors (Lipinski definition) is 3. The van der Waals surface area contributed by atoms with Gasteiger partial charge in [0.25, 0.3) is 0 Å². The highest BCUT2D eigenvalue weighted by Crippen LogP contribution is 2.29. The Balaban J connectivity index is 1.90. The summed E-state index contributed by atoms with van der Waals surface area (Å²) in [7, 11) is 0. The normalized spacial score (nSPS) is 15.5. The molecule has 3 nitrogen and oxygen atoms in total. The van der Waals surface area contributed by atoms with Gasteiger partial charge in [0.1, 0.15) is 5.75 Å². The lowest BCUT2D eigenvalue weighted by Crippen LogP contribution is -2.01. The second-order valence-electron chi connectivity index (χ2n) is 3.71. The van der Waals surface area contributed by atoms with E-state index in [2.05, 4.69) is 4.84 Å². The number of nitrogens with two attached hydrogens (primary N) is 1. The highest BCUT2D eigenvalue weighted by Gasteiger charge is 2.21. The molecule has 0 aliphatic heterocycles. The number of ether oxygens (including phenoxy) is 1. The van der Waals surface area contributed by atoms with Gasteiger partial charge in [-0.25, -0.2) is 5.90 Å². The largest absolute Gasteiger partial charge is 0.493 e. The summed E-state index contributed by atoms with van der Waals surface area (Å²) < 4.78 is 5.62. The van der Waals surface area contributed by atoms with E-state index in [1.165, 1.54) is 12.8 Å². The molecule has 1 aromatic rings. The Morgan fingerprint density at radius 1 is 1.36 bits per heavy atom. The van der Waals surface area contributed by atoms with Crippen molar-refractivity contribution in [3.05, 3.63) is 29.8 Å². The van der Waals surface area contributed by atoms with Crippen molar-refractivity contribution in [2.75, 3.05) is 6.61 Å². The first-order valence-electron chi connectivity index (χ1n) is 4.92. The first-order chi connectivity index (χ1) is 6.88. The van der Waals surface area contributed by atoms with E-state index in [4.69, 9.17) is 10.6 Å². The topological polar surface area (TPSA) is 44.5 Å². The van der Waals surface area contributed by atoms with Gasteiger partial charge in [-0.3, -0.25) is 4.84 Å². The minimum Gasteiger partial charge on any atom is -0.493 e. The second-order valence-corrected chi connectivity index (χ2v) is 3.71. The molecule has 1 aliphatic carbocycles. The summed E-state index contributed by atoms with van der Waals surface area (Å²) in [5.74, 6) is 6.69. The first kappa shape index (κ1) is 9.49. The van der Waals surface area contributed by atoms with Gasteiger partial charge in [0.15, 0.2) is 0 Å². The molecule has 0 spiro atoms. The molecule has 0 aromatic heterocycles. The van der Waals surface area contributed by atoms with Gasteiger partial charge < -0.3 is 4.74 Å². The Morgan fingerprint density at radius 2 is 2.21 bits per heavy atom. The van der Waals surface area contributed by atoms with Crippen molar-refractivity contribution in [3.8, 4) is 5.75 Å². The van der Waals surface area contributed by atoms with Crippen molar-refractivity contribution < 1.29 is 9.57 Å².